The SMILES string of the molecule is CCn1nc(C)cc1CN1CCc2cccc(N)c21. The molecule has 0 unspecified atom stereocenters. The highest BCUT2D eigenvalue weighted by Crippen LogP contribution is 2.34. The van der Waals surface area contributed by atoms with E-state index in [0.29, 0.717) is 0 Å². The van der Waals surface area contributed by atoms with Gasteiger partial charge in [-0.15, -0.1) is 0 Å². The maximum absolute atomic E-state index is 6.13. The lowest BCUT2D eigenvalue weighted by molar-refractivity contribution is 0.609. The van der Waals surface area contributed by atoms with E-state index < -0.39 is 0 Å². The van der Waals surface area contributed by atoms with Crippen LogP contribution in [0.5, 0.6) is 0 Å². The van der Waals surface area contributed by atoms with Crippen molar-refractivity contribution >= 4 is 11.4 Å². The molecule has 4 nitrogen and oxygen atoms in total. The van der Waals surface area contributed by atoms with Gasteiger partial charge in [0.25, 0.3) is 0 Å². The summed E-state index contributed by atoms with van der Waals surface area (Å²) in [7, 11) is 0. The zero-order valence-corrected chi connectivity index (χ0v) is 11.6. The van der Waals surface area contributed by atoms with E-state index in [4.69, 9.17) is 5.73 Å². The first-order valence-corrected chi connectivity index (χ1v) is 6.84. The van der Waals surface area contributed by atoms with Crippen molar-refractivity contribution in [2.24, 2.45) is 0 Å². The molecule has 4 heteroatoms. The monoisotopic (exact) mass is 256 g/mol. The van der Waals surface area contributed by atoms with Crippen molar-refractivity contribution in [2.75, 3.05) is 17.2 Å². The Morgan fingerprint density at radius 3 is 3.00 bits per heavy atom. The summed E-state index contributed by atoms with van der Waals surface area (Å²) in [5.74, 6) is 0. The van der Waals surface area contributed by atoms with Crippen molar-refractivity contribution in [2.45, 2.75) is 33.4 Å². The minimum absolute atomic E-state index is 0.884. The number of nitrogens with two attached hydrogens (primary N) is 1. The Morgan fingerprint density at radius 2 is 2.21 bits per heavy atom. The van der Waals surface area contributed by atoms with E-state index in [0.717, 1.165) is 37.4 Å². The maximum Gasteiger partial charge on any atom is 0.0636 e. The van der Waals surface area contributed by atoms with E-state index >= 15 is 0 Å². The third kappa shape index (κ3) is 2.07. The molecular formula is C15H20N4. The molecule has 100 valence electrons. The first kappa shape index (κ1) is 12.1. The van der Waals surface area contributed by atoms with Gasteiger partial charge in [0, 0.05) is 13.1 Å². The van der Waals surface area contributed by atoms with Crippen LogP contribution in [0.1, 0.15) is 23.9 Å². The summed E-state index contributed by atoms with van der Waals surface area (Å²) in [5, 5.41) is 4.51. The number of nitrogens with zero attached hydrogens (tertiary/aromatic N) is 3. The molecule has 0 saturated carbocycles. The highest BCUT2D eigenvalue weighted by Gasteiger charge is 2.22. The summed E-state index contributed by atoms with van der Waals surface area (Å²) < 4.78 is 2.08. The second-order valence-electron chi connectivity index (χ2n) is 5.12. The largest absolute Gasteiger partial charge is 0.397 e. The molecule has 0 saturated heterocycles. The van der Waals surface area contributed by atoms with Gasteiger partial charge < -0.3 is 10.6 Å². The van der Waals surface area contributed by atoms with Gasteiger partial charge in [-0.2, -0.15) is 5.10 Å². The van der Waals surface area contributed by atoms with E-state index in [-0.39, 0.29) is 0 Å². The number of para-hydroxylation sites is 1. The minimum Gasteiger partial charge on any atom is -0.397 e. The van der Waals surface area contributed by atoms with Crippen LogP contribution in [0.15, 0.2) is 24.3 Å². The van der Waals surface area contributed by atoms with Gasteiger partial charge in [-0.05, 0) is 38.0 Å². The van der Waals surface area contributed by atoms with Gasteiger partial charge in [0.2, 0.25) is 0 Å². The number of rotatable bonds is 3. The number of hydrogen-bond donors (Lipinski definition) is 1. The number of aromatic nitrogens is 2. The fraction of sp³-hybridized carbons (Fsp3) is 0.400. The van der Waals surface area contributed by atoms with Crippen LogP contribution in [-0.2, 0) is 19.5 Å². The van der Waals surface area contributed by atoms with Crippen molar-refractivity contribution in [3.63, 3.8) is 0 Å². The van der Waals surface area contributed by atoms with Crippen LogP contribution in [0, 0.1) is 6.92 Å². The number of aryl methyl sites for hydroxylation is 2. The molecule has 1 aliphatic heterocycles. The molecule has 0 fully saturated rings. The van der Waals surface area contributed by atoms with Crippen molar-refractivity contribution in [1.29, 1.82) is 0 Å². The zero-order chi connectivity index (χ0) is 13.4. The van der Waals surface area contributed by atoms with Crippen LogP contribution in [0.25, 0.3) is 0 Å². The van der Waals surface area contributed by atoms with Crippen molar-refractivity contribution < 1.29 is 0 Å². The molecule has 0 bridgehead atoms. The number of fused-ring (bicyclic) bond motifs is 1. The van der Waals surface area contributed by atoms with Gasteiger partial charge in [0.15, 0.2) is 0 Å². The van der Waals surface area contributed by atoms with Crippen LogP contribution in [-0.4, -0.2) is 16.3 Å². The van der Waals surface area contributed by atoms with Gasteiger partial charge in [-0.1, -0.05) is 12.1 Å². The molecule has 0 radical (unpaired) electrons. The van der Waals surface area contributed by atoms with Gasteiger partial charge in [-0.3, -0.25) is 4.68 Å². The number of hydrogen-bond acceptors (Lipinski definition) is 3. The number of benzene rings is 1. The number of nitrogen functional groups attached to an aromatic ring is 1. The Labute approximate surface area is 113 Å². The standard InChI is InChI=1S/C15H20N4/c1-3-19-13(9-11(2)17-19)10-18-8-7-12-5-4-6-14(16)15(12)18/h4-6,9H,3,7-8,10,16H2,1-2H3. The molecule has 1 aromatic heterocycles. The summed E-state index contributed by atoms with van der Waals surface area (Å²) in [6.07, 6.45) is 1.08. The summed E-state index contributed by atoms with van der Waals surface area (Å²) in [6.45, 7) is 7.01. The van der Waals surface area contributed by atoms with Crippen LogP contribution < -0.4 is 10.6 Å². The second-order valence-corrected chi connectivity index (χ2v) is 5.12. The molecule has 3 rings (SSSR count). The quantitative estimate of drug-likeness (QED) is 0.858. The Balaban J connectivity index is 1.90. The molecule has 2 heterocycles. The van der Waals surface area contributed by atoms with Gasteiger partial charge >= 0.3 is 0 Å². The molecule has 0 spiro atoms. The highest BCUT2D eigenvalue weighted by atomic mass is 15.3. The van der Waals surface area contributed by atoms with Crippen molar-refractivity contribution in [3.8, 4) is 0 Å². The fourth-order valence-corrected chi connectivity index (χ4v) is 2.92. The molecule has 1 aliphatic rings. The van der Waals surface area contributed by atoms with E-state index in [1.54, 1.807) is 0 Å². The Kier molecular flexibility index (Phi) is 2.93. The summed E-state index contributed by atoms with van der Waals surface area (Å²) in [4.78, 5) is 2.37. The third-order valence-electron chi connectivity index (χ3n) is 3.76. The maximum atomic E-state index is 6.13. The lowest BCUT2D eigenvalue weighted by atomic mass is 10.1. The van der Waals surface area contributed by atoms with E-state index in [9.17, 15) is 0 Å². The van der Waals surface area contributed by atoms with Gasteiger partial charge in [0.1, 0.15) is 0 Å². The van der Waals surface area contributed by atoms with Crippen molar-refractivity contribution in [1.82, 2.24) is 9.78 Å². The van der Waals surface area contributed by atoms with Crippen LogP contribution in [0.4, 0.5) is 11.4 Å². The normalized spacial score (nSPS) is 13.9. The summed E-state index contributed by atoms with van der Waals surface area (Å²) >= 11 is 0. The van der Waals surface area contributed by atoms with E-state index in [1.165, 1.54) is 16.9 Å². The second kappa shape index (κ2) is 4.61. The van der Waals surface area contributed by atoms with Crippen LogP contribution in [0.3, 0.4) is 0 Å². The molecule has 2 aromatic rings. The van der Waals surface area contributed by atoms with Crippen molar-refractivity contribution in [3.05, 3.63) is 41.2 Å². The average Bonchev–Trinajstić information content (AvgIpc) is 2.95. The predicted octanol–water partition coefficient (Wildman–Crippen LogP) is 2.36. The molecule has 0 atom stereocenters. The zero-order valence-electron chi connectivity index (χ0n) is 11.6. The average molecular weight is 256 g/mol. The summed E-state index contributed by atoms with van der Waals surface area (Å²) in [6, 6.07) is 8.37. The third-order valence-corrected chi connectivity index (χ3v) is 3.76. The lowest BCUT2D eigenvalue weighted by Gasteiger charge is -2.21. The highest BCUT2D eigenvalue weighted by molar-refractivity contribution is 5.74. The van der Waals surface area contributed by atoms with Crippen LogP contribution in [0.2, 0.25) is 0 Å². The summed E-state index contributed by atoms with van der Waals surface area (Å²) in [5.41, 5.74) is 11.9. The Hall–Kier alpha value is -1.97. The minimum atomic E-state index is 0.884. The predicted molar refractivity (Wildman–Crippen MR) is 78.2 cm³/mol. The molecule has 0 aliphatic carbocycles. The Morgan fingerprint density at radius 1 is 1.37 bits per heavy atom. The topological polar surface area (TPSA) is 47.1 Å². The number of anilines is 2. The molecule has 1 aromatic carbocycles. The fourth-order valence-electron chi connectivity index (χ4n) is 2.92. The smallest absolute Gasteiger partial charge is 0.0636 e. The molecule has 19 heavy (non-hydrogen) atoms. The van der Waals surface area contributed by atoms with Gasteiger partial charge in [0.05, 0.1) is 29.3 Å². The van der Waals surface area contributed by atoms with Gasteiger partial charge in [-0.25, -0.2) is 0 Å². The lowest BCUT2D eigenvalue weighted by Crippen LogP contribution is -2.22. The molecular weight excluding hydrogens is 236 g/mol. The first-order valence-electron chi connectivity index (χ1n) is 6.84. The molecule has 2 N–H and O–H groups in total. The van der Waals surface area contributed by atoms with E-state index in [1.807, 2.05) is 19.1 Å². The Bertz CT molecular complexity index is 600. The van der Waals surface area contributed by atoms with E-state index in [2.05, 4.69) is 33.7 Å². The van der Waals surface area contributed by atoms with Crippen LogP contribution >= 0.6 is 0 Å². The first-order chi connectivity index (χ1) is 9.19. The molecule has 0 amide bonds.